The molecule has 2 heterocycles. The van der Waals surface area contributed by atoms with E-state index in [1.807, 2.05) is 0 Å². The van der Waals surface area contributed by atoms with Crippen LogP contribution in [0.5, 0.6) is 0 Å². The van der Waals surface area contributed by atoms with Gasteiger partial charge in [0.25, 0.3) is 0 Å². The highest BCUT2D eigenvalue weighted by Crippen LogP contribution is 2.33. The van der Waals surface area contributed by atoms with Gasteiger partial charge in [0.15, 0.2) is 0 Å². The van der Waals surface area contributed by atoms with Crippen LogP contribution in [0.1, 0.15) is 18.4 Å². The van der Waals surface area contributed by atoms with Gasteiger partial charge in [0.1, 0.15) is 0 Å². The fraction of sp³-hybridized carbons (Fsp3) is 0.692. The molecular weight excluding hydrogens is 330 g/mol. The molecular formula is C13H20BrNOS2. The van der Waals surface area contributed by atoms with Crippen molar-refractivity contribution in [2.45, 2.75) is 19.4 Å². The van der Waals surface area contributed by atoms with Crippen LogP contribution in [-0.4, -0.2) is 37.5 Å². The fourth-order valence-corrected chi connectivity index (χ4v) is 4.16. The van der Waals surface area contributed by atoms with Gasteiger partial charge in [-0.05, 0) is 64.0 Å². The zero-order valence-electron chi connectivity index (χ0n) is 10.7. The van der Waals surface area contributed by atoms with Crippen molar-refractivity contribution in [3.05, 3.63) is 20.8 Å². The van der Waals surface area contributed by atoms with Crippen molar-refractivity contribution >= 4 is 39.9 Å². The number of nitrogens with zero attached hydrogens (tertiary/aromatic N) is 1. The van der Waals surface area contributed by atoms with Gasteiger partial charge in [-0.1, -0.05) is 0 Å². The molecule has 1 fully saturated rings. The minimum absolute atomic E-state index is 0.337. The van der Waals surface area contributed by atoms with Crippen molar-refractivity contribution in [3.63, 3.8) is 0 Å². The molecule has 0 spiro atoms. The second-order valence-electron chi connectivity index (χ2n) is 5.20. The third-order valence-corrected chi connectivity index (χ3v) is 5.79. The van der Waals surface area contributed by atoms with E-state index in [1.54, 1.807) is 11.3 Å². The van der Waals surface area contributed by atoms with E-state index in [1.165, 1.54) is 9.35 Å². The molecule has 0 atom stereocenters. The lowest BCUT2D eigenvalue weighted by Gasteiger charge is -2.39. The van der Waals surface area contributed by atoms with Crippen molar-refractivity contribution in [3.8, 4) is 0 Å². The molecule has 2 rings (SSSR count). The molecule has 1 saturated heterocycles. The molecule has 0 bridgehead atoms. The highest BCUT2D eigenvalue weighted by Gasteiger charge is 2.32. The summed E-state index contributed by atoms with van der Waals surface area (Å²) >= 11 is 9.83. The molecule has 0 amide bonds. The van der Waals surface area contributed by atoms with Gasteiger partial charge in [-0.3, -0.25) is 0 Å². The van der Waals surface area contributed by atoms with Crippen molar-refractivity contribution in [1.29, 1.82) is 0 Å². The quantitative estimate of drug-likeness (QED) is 0.814. The van der Waals surface area contributed by atoms with Crippen LogP contribution in [0.25, 0.3) is 0 Å². The average Bonchev–Trinajstić information content (AvgIpc) is 2.75. The van der Waals surface area contributed by atoms with Crippen LogP contribution in [0.15, 0.2) is 15.2 Å². The van der Waals surface area contributed by atoms with E-state index in [2.05, 4.69) is 52.0 Å². The van der Waals surface area contributed by atoms with Gasteiger partial charge in [-0.15, -0.1) is 11.3 Å². The molecule has 0 aliphatic carbocycles. The maximum absolute atomic E-state index is 5.47. The Kier molecular flexibility index (Phi) is 5.57. The normalized spacial score (nSPS) is 19.3. The van der Waals surface area contributed by atoms with Crippen molar-refractivity contribution < 1.29 is 4.74 Å². The zero-order valence-corrected chi connectivity index (χ0v) is 14.0. The predicted molar refractivity (Wildman–Crippen MR) is 84.7 cm³/mol. The monoisotopic (exact) mass is 349 g/mol. The van der Waals surface area contributed by atoms with Crippen LogP contribution in [0.3, 0.4) is 0 Å². The molecule has 18 heavy (non-hydrogen) atoms. The summed E-state index contributed by atoms with van der Waals surface area (Å²) in [6.45, 7) is 3.89. The summed E-state index contributed by atoms with van der Waals surface area (Å²) in [7, 11) is 2.20. The van der Waals surface area contributed by atoms with Crippen molar-refractivity contribution in [2.75, 3.05) is 32.6 Å². The molecule has 5 heteroatoms. The first-order valence-electron chi connectivity index (χ1n) is 6.24. The lowest BCUT2D eigenvalue weighted by Crippen LogP contribution is -2.41. The Balaban J connectivity index is 1.90. The molecule has 0 aromatic carbocycles. The minimum atomic E-state index is 0.337. The summed E-state index contributed by atoms with van der Waals surface area (Å²) in [6.07, 6.45) is 2.27. The Hall–Kier alpha value is 0.450. The largest absolute Gasteiger partial charge is 0.381 e. The van der Waals surface area contributed by atoms with Gasteiger partial charge in [-0.25, -0.2) is 0 Å². The first-order chi connectivity index (χ1) is 8.63. The van der Waals surface area contributed by atoms with Gasteiger partial charge < -0.3 is 9.64 Å². The average molecular weight is 350 g/mol. The Bertz CT molecular complexity index is 377. The number of halogens is 1. The maximum Gasteiger partial charge on any atom is 0.0701 e. The summed E-state index contributed by atoms with van der Waals surface area (Å²) in [5.74, 6) is 0.952. The summed E-state index contributed by atoms with van der Waals surface area (Å²) in [4.78, 5) is 2.41. The molecule has 0 saturated carbocycles. The summed E-state index contributed by atoms with van der Waals surface area (Å²) < 4.78 is 6.68. The summed E-state index contributed by atoms with van der Waals surface area (Å²) in [6, 6.07) is 2.21. The first-order valence-corrected chi connectivity index (χ1v) is 8.54. The highest BCUT2D eigenvalue weighted by molar-refractivity contribution is 9.11. The van der Waals surface area contributed by atoms with Crippen LogP contribution < -0.4 is 0 Å². The standard InChI is InChI=1S/C13H20BrNOS2/c1-15(7-11-6-12(14)18-8-11)9-13(10-17)2-4-16-5-3-13/h6,8,17H,2-5,7,9-10H2,1H3. The molecule has 0 N–H and O–H groups in total. The van der Waals surface area contributed by atoms with Gasteiger partial charge >= 0.3 is 0 Å². The highest BCUT2D eigenvalue weighted by atomic mass is 79.9. The fourth-order valence-electron chi connectivity index (χ4n) is 2.54. The summed E-state index contributed by atoms with van der Waals surface area (Å²) in [5.41, 5.74) is 1.72. The van der Waals surface area contributed by atoms with Crippen LogP contribution in [0.4, 0.5) is 0 Å². The summed E-state index contributed by atoms with van der Waals surface area (Å²) in [5, 5.41) is 2.22. The molecule has 1 aromatic heterocycles. The lowest BCUT2D eigenvalue weighted by molar-refractivity contribution is 0.0106. The first kappa shape index (κ1) is 14.9. The lowest BCUT2D eigenvalue weighted by atomic mass is 9.81. The van der Waals surface area contributed by atoms with E-state index < -0.39 is 0 Å². The van der Waals surface area contributed by atoms with Crippen molar-refractivity contribution in [1.82, 2.24) is 4.90 Å². The van der Waals surface area contributed by atoms with Crippen molar-refractivity contribution in [2.24, 2.45) is 5.41 Å². The van der Waals surface area contributed by atoms with Gasteiger partial charge in [-0.2, -0.15) is 12.6 Å². The van der Waals surface area contributed by atoms with Crippen LogP contribution in [0.2, 0.25) is 0 Å². The molecule has 0 unspecified atom stereocenters. The molecule has 1 aliphatic heterocycles. The maximum atomic E-state index is 5.47. The Morgan fingerprint density at radius 1 is 1.50 bits per heavy atom. The number of rotatable bonds is 5. The molecule has 1 aliphatic rings. The molecule has 102 valence electrons. The van der Waals surface area contributed by atoms with E-state index in [0.29, 0.717) is 5.41 Å². The third-order valence-electron chi connectivity index (χ3n) is 3.57. The second-order valence-corrected chi connectivity index (χ2v) is 7.81. The predicted octanol–water partition coefficient (Wildman–Crippen LogP) is 3.67. The van der Waals surface area contributed by atoms with Crippen LogP contribution >= 0.6 is 39.9 Å². The topological polar surface area (TPSA) is 12.5 Å². The Morgan fingerprint density at radius 2 is 2.22 bits per heavy atom. The molecule has 0 radical (unpaired) electrons. The number of ether oxygens (including phenoxy) is 1. The number of hydrogen-bond acceptors (Lipinski definition) is 4. The minimum Gasteiger partial charge on any atom is -0.381 e. The van der Waals surface area contributed by atoms with E-state index in [0.717, 1.165) is 44.9 Å². The van der Waals surface area contributed by atoms with Crippen LogP contribution in [0, 0.1) is 5.41 Å². The number of hydrogen-bond donors (Lipinski definition) is 1. The Morgan fingerprint density at radius 3 is 2.78 bits per heavy atom. The van der Waals surface area contributed by atoms with E-state index in [9.17, 15) is 0 Å². The van der Waals surface area contributed by atoms with E-state index in [-0.39, 0.29) is 0 Å². The second kappa shape index (κ2) is 6.75. The van der Waals surface area contributed by atoms with E-state index >= 15 is 0 Å². The zero-order chi connectivity index (χ0) is 13.0. The van der Waals surface area contributed by atoms with Crippen LogP contribution in [-0.2, 0) is 11.3 Å². The number of thiophene rings is 1. The smallest absolute Gasteiger partial charge is 0.0701 e. The van der Waals surface area contributed by atoms with Gasteiger partial charge in [0, 0.05) is 26.3 Å². The molecule has 1 aromatic rings. The van der Waals surface area contributed by atoms with Gasteiger partial charge in [0.2, 0.25) is 0 Å². The molecule has 2 nitrogen and oxygen atoms in total. The van der Waals surface area contributed by atoms with E-state index in [4.69, 9.17) is 4.74 Å². The van der Waals surface area contributed by atoms with Gasteiger partial charge in [0.05, 0.1) is 3.79 Å². The SMILES string of the molecule is CN(Cc1csc(Br)c1)CC1(CS)CCOCC1. The third kappa shape index (κ3) is 3.97. The Labute approximate surface area is 127 Å². The number of thiol groups is 1.